The van der Waals surface area contributed by atoms with Crippen molar-refractivity contribution in [2.75, 3.05) is 44.9 Å². The van der Waals surface area contributed by atoms with Gasteiger partial charge in [0.05, 0.1) is 19.0 Å². The molecule has 1 saturated heterocycles. The second-order valence-corrected chi connectivity index (χ2v) is 6.70. The SMILES string of the molecule is COc1cc(N2CCC(N(C)C)CC2)c(-c2cnn(C)c2)cc1N. The molecule has 0 bridgehead atoms. The van der Waals surface area contributed by atoms with E-state index in [0.717, 1.165) is 42.8 Å². The fourth-order valence-corrected chi connectivity index (χ4v) is 3.44. The first-order valence-corrected chi connectivity index (χ1v) is 8.37. The van der Waals surface area contributed by atoms with E-state index in [1.807, 2.05) is 30.2 Å². The highest BCUT2D eigenvalue weighted by Crippen LogP contribution is 2.39. The number of aromatic nitrogens is 2. The number of anilines is 2. The summed E-state index contributed by atoms with van der Waals surface area (Å²) >= 11 is 0. The molecule has 24 heavy (non-hydrogen) atoms. The van der Waals surface area contributed by atoms with Gasteiger partial charge in [-0.3, -0.25) is 4.68 Å². The number of piperidine rings is 1. The summed E-state index contributed by atoms with van der Waals surface area (Å²) in [5.74, 6) is 0.729. The van der Waals surface area contributed by atoms with Crippen molar-refractivity contribution in [3.8, 4) is 16.9 Å². The van der Waals surface area contributed by atoms with Crippen LogP contribution in [-0.2, 0) is 7.05 Å². The monoisotopic (exact) mass is 329 g/mol. The molecule has 130 valence electrons. The van der Waals surface area contributed by atoms with Crippen LogP contribution in [0.4, 0.5) is 11.4 Å². The zero-order valence-corrected chi connectivity index (χ0v) is 15.0. The number of rotatable bonds is 4. The van der Waals surface area contributed by atoms with Gasteiger partial charge in [-0.1, -0.05) is 0 Å². The van der Waals surface area contributed by atoms with E-state index in [1.54, 1.807) is 7.11 Å². The molecule has 1 aromatic heterocycles. The van der Waals surface area contributed by atoms with E-state index in [9.17, 15) is 0 Å². The number of benzene rings is 1. The maximum absolute atomic E-state index is 6.16. The summed E-state index contributed by atoms with van der Waals surface area (Å²) in [7, 11) is 7.91. The minimum atomic E-state index is 0.652. The van der Waals surface area contributed by atoms with Gasteiger partial charge in [0.2, 0.25) is 0 Å². The van der Waals surface area contributed by atoms with Crippen molar-refractivity contribution < 1.29 is 4.74 Å². The molecule has 1 fully saturated rings. The quantitative estimate of drug-likeness (QED) is 0.872. The number of nitrogens with zero attached hydrogens (tertiary/aromatic N) is 4. The standard InChI is InChI=1S/C18H27N5O/c1-21(2)14-5-7-23(8-6-14)17-10-18(24-4)16(19)9-15(17)13-11-20-22(3)12-13/h9-12,14H,5-8,19H2,1-4H3. The molecule has 6 nitrogen and oxygen atoms in total. The van der Waals surface area contributed by atoms with Gasteiger partial charge in [-0.15, -0.1) is 0 Å². The van der Waals surface area contributed by atoms with Crippen LogP contribution in [0.2, 0.25) is 0 Å². The van der Waals surface area contributed by atoms with Crippen molar-refractivity contribution >= 4 is 11.4 Å². The highest BCUT2D eigenvalue weighted by Gasteiger charge is 2.24. The molecule has 1 aliphatic rings. The Morgan fingerprint density at radius 1 is 1.25 bits per heavy atom. The summed E-state index contributed by atoms with van der Waals surface area (Å²) in [4.78, 5) is 4.76. The molecule has 2 N–H and O–H groups in total. The number of hydrogen-bond donors (Lipinski definition) is 1. The van der Waals surface area contributed by atoms with Gasteiger partial charge in [-0.05, 0) is 33.0 Å². The molecule has 0 aliphatic carbocycles. The van der Waals surface area contributed by atoms with E-state index in [0.29, 0.717) is 11.7 Å². The molecule has 2 aromatic rings. The Bertz CT molecular complexity index is 701. The van der Waals surface area contributed by atoms with Crippen molar-refractivity contribution in [1.82, 2.24) is 14.7 Å². The van der Waals surface area contributed by atoms with E-state index in [1.165, 1.54) is 5.69 Å². The first-order valence-electron chi connectivity index (χ1n) is 8.37. The third-order valence-corrected chi connectivity index (χ3v) is 4.90. The number of nitrogen functional groups attached to an aromatic ring is 1. The summed E-state index contributed by atoms with van der Waals surface area (Å²) in [6.45, 7) is 2.06. The van der Waals surface area contributed by atoms with Crippen LogP contribution < -0.4 is 15.4 Å². The van der Waals surface area contributed by atoms with Crippen LogP contribution in [-0.4, -0.2) is 55.0 Å². The van der Waals surface area contributed by atoms with Crippen molar-refractivity contribution in [1.29, 1.82) is 0 Å². The van der Waals surface area contributed by atoms with Crippen LogP contribution in [0, 0.1) is 0 Å². The normalized spacial score (nSPS) is 16.0. The van der Waals surface area contributed by atoms with Crippen LogP contribution in [0.3, 0.4) is 0 Å². The van der Waals surface area contributed by atoms with Crippen LogP contribution >= 0.6 is 0 Å². The minimum absolute atomic E-state index is 0.652. The highest BCUT2D eigenvalue weighted by molar-refractivity contribution is 5.83. The van der Waals surface area contributed by atoms with Gasteiger partial charge in [-0.2, -0.15) is 5.10 Å². The lowest BCUT2D eigenvalue weighted by molar-refractivity contribution is 0.249. The first-order chi connectivity index (χ1) is 11.5. The number of aryl methyl sites for hydroxylation is 1. The van der Waals surface area contributed by atoms with Gasteiger partial charge in [0.25, 0.3) is 0 Å². The Morgan fingerprint density at radius 3 is 2.50 bits per heavy atom. The summed E-state index contributed by atoms with van der Waals surface area (Å²) < 4.78 is 7.27. The number of hydrogen-bond acceptors (Lipinski definition) is 5. The van der Waals surface area contributed by atoms with E-state index in [4.69, 9.17) is 10.5 Å². The third-order valence-electron chi connectivity index (χ3n) is 4.90. The molecule has 0 saturated carbocycles. The summed E-state index contributed by atoms with van der Waals surface area (Å²) in [5.41, 5.74) is 10.2. The Labute approximate surface area is 143 Å². The molecule has 1 aromatic carbocycles. The number of nitrogens with two attached hydrogens (primary N) is 1. The molecule has 3 rings (SSSR count). The van der Waals surface area contributed by atoms with Crippen molar-refractivity contribution in [3.63, 3.8) is 0 Å². The molecule has 2 heterocycles. The second kappa shape index (κ2) is 6.73. The molecule has 1 aliphatic heterocycles. The molecular formula is C18H27N5O. The highest BCUT2D eigenvalue weighted by atomic mass is 16.5. The molecule has 6 heteroatoms. The van der Waals surface area contributed by atoms with E-state index in [2.05, 4.69) is 35.1 Å². The van der Waals surface area contributed by atoms with Crippen LogP contribution in [0.5, 0.6) is 5.75 Å². The van der Waals surface area contributed by atoms with Crippen LogP contribution in [0.15, 0.2) is 24.5 Å². The second-order valence-electron chi connectivity index (χ2n) is 6.70. The summed E-state index contributed by atoms with van der Waals surface area (Å²) in [5, 5.41) is 4.31. The first kappa shape index (κ1) is 16.6. The summed E-state index contributed by atoms with van der Waals surface area (Å²) in [6.07, 6.45) is 6.23. The molecule has 0 radical (unpaired) electrons. The summed E-state index contributed by atoms with van der Waals surface area (Å²) in [6, 6.07) is 4.72. The maximum atomic E-state index is 6.16. The topological polar surface area (TPSA) is 59.5 Å². The fourth-order valence-electron chi connectivity index (χ4n) is 3.44. The number of ether oxygens (including phenoxy) is 1. The molecule has 0 atom stereocenters. The molecular weight excluding hydrogens is 302 g/mol. The Morgan fingerprint density at radius 2 is 1.96 bits per heavy atom. The lowest BCUT2D eigenvalue weighted by Gasteiger charge is -2.37. The molecule has 0 unspecified atom stereocenters. The predicted molar refractivity (Wildman–Crippen MR) is 98.5 cm³/mol. The van der Waals surface area contributed by atoms with Crippen molar-refractivity contribution in [3.05, 3.63) is 24.5 Å². The molecule has 0 amide bonds. The molecule has 0 spiro atoms. The smallest absolute Gasteiger partial charge is 0.143 e. The van der Waals surface area contributed by atoms with Gasteiger partial charge < -0.3 is 20.3 Å². The van der Waals surface area contributed by atoms with E-state index < -0.39 is 0 Å². The van der Waals surface area contributed by atoms with E-state index in [-0.39, 0.29) is 0 Å². The average molecular weight is 329 g/mol. The van der Waals surface area contributed by atoms with Gasteiger partial charge in [-0.25, -0.2) is 0 Å². The van der Waals surface area contributed by atoms with Gasteiger partial charge in [0.15, 0.2) is 0 Å². The van der Waals surface area contributed by atoms with Crippen molar-refractivity contribution in [2.45, 2.75) is 18.9 Å². The lowest BCUT2D eigenvalue weighted by Crippen LogP contribution is -2.42. The zero-order chi connectivity index (χ0) is 17.3. The Kier molecular flexibility index (Phi) is 4.66. The van der Waals surface area contributed by atoms with Gasteiger partial charge in [0.1, 0.15) is 5.75 Å². The van der Waals surface area contributed by atoms with Gasteiger partial charge >= 0.3 is 0 Å². The van der Waals surface area contributed by atoms with Crippen LogP contribution in [0.1, 0.15) is 12.8 Å². The van der Waals surface area contributed by atoms with Gasteiger partial charge in [0, 0.05) is 55.3 Å². The largest absolute Gasteiger partial charge is 0.495 e. The zero-order valence-electron chi connectivity index (χ0n) is 15.0. The Hall–Kier alpha value is -2.21. The Balaban J connectivity index is 1.96. The number of methoxy groups -OCH3 is 1. The van der Waals surface area contributed by atoms with Crippen molar-refractivity contribution in [2.24, 2.45) is 7.05 Å². The van der Waals surface area contributed by atoms with E-state index >= 15 is 0 Å². The lowest BCUT2D eigenvalue weighted by atomic mass is 9.99. The third kappa shape index (κ3) is 3.19. The maximum Gasteiger partial charge on any atom is 0.143 e. The average Bonchev–Trinajstić information content (AvgIpc) is 3.01. The fraction of sp³-hybridized carbons (Fsp3) is 0.500. The minimum Gasteiger partial charge on any atom is -0.495 e. The predicted octanol–water partition coefficient (Wildman–Crippen LogP) is 2.21. The van der Waals surface area contributed by atoms with Crippen LogP contribution in [0.25, 0.3) is 11.1 Å².